The van der Waals surface area contributed by atoms with E-state index in [1.807, 2.05) is 12.1 Å². The number of carbonyl (C=O) groups is 1. The number of nitrogens with zero attached hydrogens (tertiary/aromatic N) is 4. The van der Waals surface area contributed by atoms with Gasteiger partial charge in [-0.3, -0.25) is 14.3 Å². The van der Waals surface area contributed by atoms with Crippen LogP contribution in [-0.2, 0) is 4.79 Å². The van der Waals surface area contributed by atoms with E-state index in [-0.39, 0.29) is 16.9 Å². The summed E-state index contributed by atoms with van der Waals surface area (Å²) in [7, 11) is 0. The minimum absolute atomic E-state index is 0.0301. The van der Waals surface area contributed by atoms with Gasteiger partial charge in [0.25, 0.3) is 0 Å². The fraction of sp³-hybridized carbons (Fsp3) is 0.600. The van der Waals surface area contributed by atoms with Crippen LogP contribution in [0, 0.1) is 5.41 Å². The largest absolute Gasteiger partial charge is 0.350 e. The van der Waals surface area contributed by atoms with Crippen molar-refractivity contribution in [2.24, 2.45) is 5.41 Å². The molecule has 0 aromatic carbocycles. The van der Waals surface area contributed by atoms with Crippen molar-refractivity contribution in [3.05, 3.63) is 24.5 Å². The van der Waals surface area contributed by atoms with Crippen molar-refractivity contribution in [3.63, 3.8) is 0 Å². The van der Waals surface area contributed by atoms with E-state index in [1.165, 1.54) is 11.8 Å². The summed E-state index contributed by atoms with van der Waals surface area (Å²) in [6.45, 7) is 10.7. The molecule has 2 aromatic heterocycles. The van der Waals surface area contributed by atoms with Gasteiger partial charge in [-0.15, -0.1) is 10.2 Å². The zero-order chi connectivity index (χ0) is 19.7. The molecule has 0 atom stereocenters. The molecular formula is C20H29N5OS. The van der Waals surface area contributed by atoms with Crippen molar-refractivity contribution in [1.82, 2.24) is 25.1 Å². The Kier molecular flexibility index (Phi) is 5.60. The average molecular weight is 388 g/mol. The number of pyridine rings is 1. The van der Waals surface area contributed by atoms with Crippen LogP contribution in [0.15, 0.2) is 29.7 Å². The van der Waals surface area contributed by atoms with E-state index in [0.717, 1.165) is 35.8 Å². The quantitative estimate of drug-likeness (QED) is 0.724. The lowest BCUT2D eigenvalue weighted by Gasteiger charge is -2.33. The number of carbonyl (C=O) groups excluding carboxylic acids is 1. The third-order valence-corrected chi connectivity index (χ3v) is 5.22. The van der Waals surface area contributed by atoms with Gasteiger partial charge in [-0.05, 0) is 50.7 Å². The van der Waals surface area contributed by atoms with Crippen LogP contribution in [0.5, 0.6) is 0 Å². The molecule has 1 amide bonds. The second kappa shape index (κ2) is 7.62. The number of amides is 1. The van der Waals surface area contributed by atoms with E-state index in [4.69, 9.17) is 0 Å². The van der Waals surface area contributed by atoms with Crippen LogP contribution in [0.2, 0.25) is 0 Å². The van der Waals surface area contributed by atoms with Crippen molar-refractivity contribution in [3.8, 4) is 11.4 Å². The molecule has 0 radical (unpaired) electrons. The van der Waals surface area contributed by atoms with Gasteiger partial charge in [-0.2, -0.15) is 0 Å². The van der Waals surface area contributed by atoms with Crippen LogP contribution < -0.4 is 5.32 Å². The lowest BCUT2D eigenvalue weighted by atomic mass is 9.82. The fourth-order valence-corrected chi connectivity index (χ4v) is 4.45. The molecule has 0 bridgehead atoms. The van der Waals surface area contributed by atoms with Crippen LogP contribution in [0.1, 0.15) is 59.9 Å². The summed E-state index contributed by atoms with van der Waals surface area (Å²) < 4.78 is 2.16. The molecule has 0 unspecified atom stereocenters. The highest BCUT2D eigenvalue weighted by Crippen LogP contribution is 2.40. The smallest absolute Gasteiger partial charge is 0.230 e. The zero-order valence-electron chi connectivity index (χ0n) is 16.8. The number of hydrogen-bond donors (Lipinski definition) is 1. The minimum Gasteiger partial charge on any atom is -0.350 e. The van der Waals surface area contributed by atoms with Gasteiger partial charge in [0.2, 0.25) is 5.91 Å². The second-order valence-corrected chi connectivity index (χ2v) is 10.0. The molecule has 2 aromatic rings. The van der Waals surface area contributed by atoms with Gasteiger partial charge in [0.05, 0.1) is 5.75 Å². The van der Waals surface area contributed by atoms with Crippen LogP contribution in [0.3, 0.4) is 0 Å². The Labute approximate surface area is 165 Å². The Balaban J connectivity index is 1.66. The summed E-state index contributed by atoms with van der Waals surface area (Å²) in [4.78, 5) is 16.7. The second-order valence-electron chi connectivity index (χ2n) is 9.11. The summed E-state index contributed by atoms with van der Waals surface area (Å²) in [5.41, 5.74) is 0.884. The summed E-state index contributed by atoms with van der Waals surface area (Å²) in [6, 6.07) is 4.32. The molecule has 0 aliphatic heterocycles. The highest BCUT2D eigenvalue weighted by atomic mass is 32.2. The first-order chi connectivity index (χ1) is 12.6. The van der Waals surface area contributed by atoms with Crippen LogP contribution >= 0.6 is 11.8 Å². The first-order valence-electron chi connectivity index (χ1n) is 9.44. The number of nitrogens with one attached hydrogen (secondary N) is 1. The third kappa shape index (κ3) is 5.54. The first kappa shape index (κ1) is 19.9. The number of thioether (sulfide) groups is 1. The molecule has 27 heavy (non-hydrogen) atoms. The van der Waals surface area contributed by atoms with Gasteiger partial charge in [0.15, 0.2) is 11.0 Å². The van der Waals surface area contributed by atoms with Gasteiger partial charge >= 0.3 is 0 Å². The molecule has 1 fully saturated rings. The average Bonchev–Trinajstić information content (AvgIpc) is 3.30. The van der Waals surface area contributed by atoms with Gasteiger partial charge in [0.1, 0.15) is 0 Å². The molecule has 6 nitrogen and oxygen atoms in total. The maximum atomic E-state index is 12.5. The van der Waals surface area contributed by atoms with Crippen molar-refractivity contribution < 1.29 is 4.79 Å². The zero-order valence-corrected chi connectivity index (χ0v) is 17.6. The minimum atomic E-state index is -0.235. The van der Waals surface area contributed by atoms with Crippen LogP contribution in [0.25, 0.3) is 11.4 Å². The van der Waals surface area contributed by atoms with E-state index in [0.29, 0.717) is 11.8 Å². The lowest BCUT2D eigenvalue weighted by Crippen LogP contribution is -2.46. The SMILES string of the molecule is CC(C)(C)CC(C)(C)NC(=O)CSc1nnc(-c2cccnc2)n1C1CC1. The third-order valence-electron chi connectivity index (χ3n) is 4.28. The molecule has 0 saturated heterocycles. The normalized spacial score (nSPS) is 15.0. The number of hydrogen-bond acceptors (Lipinski definition) is 5. The highest BCUT2D eigenvalue weighted by molar-refractivity contribution is 7.99. The van der Waals surface area contributed by atoms with Crippen LogP contribution in [-0.4, -0.2) is 36.9 Å². The van der Waals surface area contributed by atoms with Gasteiger partial charge in [0, 0.05) is 29.5 Å². The van der Waals surface area contributed by atoms with Gasteiger partial charge < -0.3 is 5.32 Å². The number of rotatable bonds is 7. The fourth-order valence-electron chi connectivity index (χ4n) is 3.64. The monoisotopic (exact) mass is 387 g/mol. The molecule has 7 heteroatoms. The molecule has 0 spiro atoms. The summed E-state index contributed by atoms with van der Waals surface area (Å²) in [5.74, 6) is 1.20. The van der Waals surface area contributed by atoms with Crippen molar-refractivity contribution in [2.75, 3.05) is 5.75 Å². The molecule has 146 valence electrons. The Morgan fingerprint density at radius 2 is 2.00 bits per heavy atom. The van der Waals surface area contributed by atoms with Crippen LogP contribution in [0.4, 0.5) is 0 Å². The molecule has 3 rings (SSSR count). The van der Waals surface area contributed by atoms with Crippen molar-refractivity contribution in [1.29, 1.82) is 0 Å². The molecule has 1 N–H and O–H groups in total. The number of aromatic nitrogens is 4. The Bertz CT molecular complexity index is 790. The van der Waals surface area contributed by atoms with Crippen molar-refractivity contribution in [2.45, 2.75) is 70.6 Å². The molecule has 2 heterocycles. The van der Waals surface area contributed by atoms with E-state index >= 15 is 0 Å². The molecule has 1 aliphatic rings. The Morgan fingerprint density at radius 1 is 1.26 bits per heavy atom. The predicted molar refractivity (Wildman–Crippen MR) is 109 cm³/mol. The summed E-state index contributed by atoms with van der Waals surface area (Å²) in [6.07, 6.45) is 6.73. The first-order valence-corrected chi connectivity index (χ1v) is 10.4. The highest BCUT2D eigenvalue weighted by Gasteiger charge is 2.31. The Morgan fingerprint density at radius 3 is 2.59 bits per heavy atom. The maximum absolute atomic E-state index is 12.5. The van der Waals surface area contributed by atoms with E-state index < -0.39 is 0 Å². The molecule has 1 aliphatic carbocycles. The standard InChI is InChI=1S/C20H29N5OS/c1-19(2,3)13-20(4,5)22-16(26)12-27-18-24-23-17(25(18)15-8-9-15)14-7-6-10-21-11-14/h6-7,10-11,15H,8-9,12-13H2,1-5H3,(H,22,26). The van der Waals surface area contributed by atoms with E-state index in [1.54, 1.807) is 12.4 Å². The summed E-state index contributed by atoms with van der Waals surface area (Å²) in [5, 5.41) is 12.7. The topological polar surface area (TPSA) is 72.7 Å². The summed E-state index contributed by atoms with van der Waals surface area (Å²) >= 11 is 1.45. The lowest BCUT2D eigenvalue weighted by molar-refractivity contribution is -0.120. The van der Waals surface area contributed by atoms with Gasteiger partial charge in [-0.25, -0.2) is 0 Å². The van der Waals surface area contributed by atoms with Crippen molar-refractivity contribution >= 4 is 17.7 Å². The molecule has 1 saturated carbocycles. The van der Waals surface area contributed by atoms with Gasteiger partial charge in [-0.1, -0.05) is 32.5 Å². The maximum Gasteiger partial charge on any atom is 0.230 e. The Hall–Kier alpha value is -1.89. The van der Waals surface area contributed by atoms with E-state index in [2.05, 4.69) is 59.7 Å². The predicted octanol–water partition coefficient (Wildman–Crippen LogP) is 4.10. The van der Waals surface area contributed by atoms with E-state index in [9.17, 15) is 4.79 Å². The molecular weight excluding hydrogens is 358 g/mol.